The smallest absolute Gasteiger partial charge is 0.121 e. The van der Waals surface area contributed by atoms with Crippen LogP contribution in [0.15, 0.2) is 18.2 Å². The number of benzene rings is 1. The highest BCUT2D eigenvalue weighted by atomic mass is 16.5. The van der Waals surface area contributed by atoms with Crippen molar-refractivity contribution in [2.75, 3.05) is 24.8 Å². The molecule has 4 N–H and O–H groups in total. The van der Waals surface area contributed by atoms with E-state index in [2.05, 4.69) is 5.32 Å². The minimum Gasteiger partial charge on any atom is -0.497 e. The van der Waals surface area contributed by atoms with E-state index >= 15 is 0 Å². The lowest BCUT2D eigenvalue weighted by Crippen LogP contribution is -2.29. The third-order valence-electron chi connectivity index (χ3n) is 2.60. The molecule has 90 valence electrons. The van der Waals surface area contributed by atoms with Crippen LogP contribution in [-0.2, 0) is 0 Å². The van der Waals surface area contributed by atoms with E-state index in [9.17, 15) is 5.11 Å². The summed E-state index contributed by atoms with van der Waals surface area (Å²) in [5.41, 5.74) is 7.30. The van der Waals surface area contributed by atoms with Gasteiger partial charge in [0.2, 0.25) is 0 Å². The van der Waals surface area contributed by atoms with Gasteiger partial charge in [0.15, 0.2) is 0 Å². The lowest BCUT2D eigenvalue weighted by atomic mass is 10.0. The van der Waals surface area contributed by atoms with Crippen molar-refractivity contribution in [2.45, 2.75) is 19.9 Å². The van der Waals surface area contributed by atoms with E-state index in [-0.39, 0.29) is 12.6 Å². The predicted octanol–water partition coefficient (Wildman–Crippen LogP) is 1.71. The van der Waals surface area contributed by atoms with Crippen LogP contribution in [0.25, 0.3) is 0 Å². The maximum atomic E-state index is 9.24. The fourth-order valence-electron chi connectivity index (χ4n) is 1.41. The summed E-state index contributed by atoms with van der Waals surface area (Å²) in [7, 11) is 1.61. The highest BCUT2D eigenvalue weighted by Crippen LogP contribution is 2.25. The van der Waals surface area contributed by atoms with Gasteiger partial charge in [0.05, 0.1) is 31.1 Å². The molecule has 0 heterocycles. The van der Waals surface area contributed by atoms with Gasteiger partial charge < -0.3 is 20.9 Å². The summed E-state index contributed by atoms with van der Waals surface area (Å²) in [4.78, 5) is 0. The van der Waals surface area contributed by atoms with Crippen molar-refractivity contribution in [1.82, 2.24) is 0 Å². The van der Waals surface area contributed by atoms with Crippen LogP contribution in [0.3, 0.4) is 0 Å². The fourth-order valence-corrected chi connectivity index (χ4v) is 1.41. The molecule has 0 saturated carbocycles. The van der Waals surface area contributed by atoms with Gasteiger partial charge in [-0.15, -0.1) is 0 Å². The minimum atomic E-state index is -0.00518. The minimum absolute atomic E-state index is 0.00518. The lowest BCUT2D eigenvalue weighted by Gasteiger charge is -2.22. The molecule has 0 amide bonds. The summed E-state index contributed by atoms with van der Waals surface area (Å²) in [6.45, 7) is 4.17. The second-order valence-corrected chi connectivity index (χ2v) is 4.13. The first kappa shape index (κ1) is 12.6. The molecule has 0 aliphatic rings. The van der Waals surface area contributed by atoms with Crippen LogP contribution in [0.4, 0.5) is 11.4 Å². The van der Waals surface area contributed by atoms with Gasteiger partial charge in [0, 0.05) is 6.07 Å². The van der Waals surface area contributed by atoms with Crippen LogP contribution in [0, 0.1) is 5.92 Å². The average molecular weight is 224 g/mol. The molecule has 0 spiro atoms. The summed E-state index contributed by atoms with van der Waals surface area (Å²) in [6.07, 6.45) is 0. The zero-order chi connectivity index (χ0) is 12.1. The Labute approximate surface area is 96.4 Å². The molecule has 1 rings (SSSR count). The van der Waals surface area contributed by atoms with Crippen LogP contribution in [0.5, 0.6) is 5.75 Å². The average Bonchev–Trinajstić information content (AvgIpc) is 2.27. The zero-order valence-corrected chi connectivity index (χ0v) is 10.0. The zero-order valence-electron chi connectivity index (χ0n) is 10.0. The summed E-state index contributed by atoms with van der Waals surface area (Å²) in [5.74, 6) is 1.08. The van der Waals surface area contributed by atoms with Gasteiger partial charge in [-0.2, -0.15) is 0 Å². The molecule has 16 heavy (non-hydrogen) atoms. The summed E-state index contributed by atoms with van der Waals surface area (Å²) < 4.78 is 5.13. The molecular weight excluding hydrogens is 204 g/mol. The molecule has 0 radical (unpaired) electrons. The van der Waals surface area contributed by atoms with E-state index in [0.717, 1.165) is 11.4 Å². The summed E-state index contributed by atoms with van der Waals surface area (Å²) in [6, 6.07) is 5.43. The Balaban J connectivity index is 2.86. The molecule has 1 atom stereocenters. The first-order valence-electron chi connectivity index (χ1n) is 5.39. The second-order valence-electron chi connectivity index (χ2n) is 4.13. The number of aliphatic hydroxyl groups excluding tert-OH is 1. The van der Waals surface area contributed by atoms with E-state index < -0.39 is 0 Å². The molecule has 1 aromatic rings. The third kappa shape index (κ3) is 3.03. The van der Waals surface area contributed by atoms with Crippen LogP contribution in [0.2, 0.25) is 0 Å². The summed E-state index contributed by atoms with van der Waals surface area (Å²) >= 11 is 0. The second kappa shape index (κ2) is 5.61. The molecule has 0 bridgehead atoms. The van der Waals surface area contributed by atoms with Crippen LogP contribution < -0.4 is 15.8 Å². The Morgan fingerprint density at radius 2 is 2.12 bits per heavy atom. The molecule has 1 unspecified atom stereocenters. The Morgan fingerprint density at radius 1 is 1.44 bits per heavy atom. The summed E-state index contributed by atoms with van der Waals surface area (Å²) in [5, 5.41) is 12.5. The van der Waals surface area contributed by atoms with Gasteiger partial charge >= 0.3 is 0 Å². The molecule has 0 fully saturated rings. The Bertz CT molecular complexity index is 340. The number of methoxy groups -OCH3 is 1. The van der Waals surface area contributed by atoms with Crippen LogP contribution in [0.1, 0.15) is 13.8 Å². The molecule has 0 aliphatic heterocycles. The largest absolute Gasteiger partial charge is 0.497 e. The predicted molar refractivity (Wildman–Crippen MR) is 66.7 cm³/mol. The van der Waals surface area contributed by atoms with Gasteiger partial charge in [-0.1, -0.05) is 13.8 Å². The quantitative estimate of drug-likeness (QED) is 0.666. The Morgan fingerprint density at radius 3 is 2.62 bits per heavy atom. The molecule has 0 aromatic heterocycles. The standard InChI is InChI=1S/C12H20N2O2/c1-8(2)12(7-15)14-11-6-9(16-3)4-5-10(11)13/h4-6,8,12,14-15H,7,13H2,1-3H3. The van der Waals surface area contributed by atoms with E-state index in [0.29, 0.717) is 11.6 Å². The van der Waals surface area contributed by atoms with Gasteiger partial charge in [-0.3, -0.25) is 0 Å². The van der Waals surface area contributed by atoms with E-state index in [1.165, 1.54) is 0 Å². The highest BCUT2D eigenvalue weighted by Gasteiger charge is 2.13. The Hall–Kier alpha value is -1.42. The number of anilines is 2. The van der Waals surface area contributed by atoms with Crippen molar-refractivity contribution >= 4 is 11.4 Å². The number of rotatable bonds is 5. The maximum Gasteiger partial charge on any atom is 0.121 e. The number of nitrogens with two attached hydrogens (primary N) is 1. The number of aliphatic hydroxyl groups is 1. The van der Waals surface area contributed by atoms with Crippen molar-refractivity contribution in [3.8, 4) is 5.75 Å². The molecular formula is C12H20N2O2. The van der Waals surface area contributed by atoms with E-state index in [4.69, 9.17) is 10.5 Å². The Kier molecular flexibility index (Phi) is 4.43. The monoisotopic (exact) mass is 224 g/mol. The van der Waals surface area contributed by atoms with Crippen molar-refractivity contribution in [1.29, 1.82) is 0 Å². The first-order chi connectivity index (χ1) is 7.58. The number of nitrogen functional groups attached to an aromatic ring is 1. The van der Waals surface area contributed by atoms with Crippen molar-refractivity contribution in [3.05, 3.63) is 18.2 Å². The van der Waals surface area contributed by atoms with E-state index in [1.807, 2.05) is 26.0 Å². The van der Waals surface area contributed by atoms with Gasteiger partial charge in [-0.25, -0.2) is 0 Å². The van der Waals surface area contributed by atoms with Gasteiger partial charge in [-0.05, 0) is 18.1 Å². The lowest BCUT2D eigenvalue weighted by molar-refractivity contribution is 0.249. The van der Waals surface area contributed by atoms with Crippen molar-refractivity contribution in [2.24, 2.45) is 5.92 Å². The SMILES string of the molecule is COc1ccc(N)c(NC(CO)C(C)C)c1. The molecule has 1 aromatic carbocycles. The van der Waals surface area contributed by atoms with Crippen LogP contribution >= 0.6 is 0 Å². The fraction of sp³-hybridized carbons (Fsp3) is 0.500. The molecule has 0 aliphatic carbocycles. The van der Waals surface area contributed by atoms with Gasteiger partial charge in [0.25, 0.3) is 0 Å². The number of hydrogen-bond donors (Lipinski definition) is 3. The van der Waals surface area contributed by atoms with E-state index in [1.54, 1.807) is 13.2 Å². The number of ether oxygens (including phenoxy) is 1. The van der Waals surface area contributed by atoms with Crippen molar-refractivity contribution < 1.29 is 9.84 Å². The normalized spacial score (nSPS) is 12.6. The number of hydrogen-bond acceptors (Lipinski definition) is 4. The highest BCUT2D eigenvalue weighted by molar-refractivity contribution is 5.68. The molecule has 4 nitrogen and oxygen atoms in total. The molecule has 0 saturated heterocycles. The van der Waals surface area contributed by atoms with Crippen LogP contribution in [-0.4, -0.2) is 24.9 Å². The van der Waals surface area contributed by atoms with Crippen molar-refractivity contribution in [3.63, 3.8) is 0 Å². The van der Waals surface area contributed by atoms with Gasteiger partial charge in [0.1, 0.15) is 5.75 Å². The maximum absolute atomic E-state index is 9.24. The topological polar surface area (TPSA) is 67.5 Å². The first-order valence-corrected chi connectivity index (χ1v) is 5.39. The third-order valence-corrected chi connectivity index (χ3v) is 2.60. The molecule has 4 heteroatoms. The number of nitrogens with one attached hydrogen (secondary N) is 1.